The first-order valence-corrected chi connectivity index (χ1v) is 7.45. The molecule has 2 atom stereocenters. The Labute approximate surface area is 118 Å². The monoisotopic (exact) mass is 324 g/mol. The lowest BCUT2D eigenvalue weighted by atomic mass is 9.98. The molecule has 0 amide bonds. The number of para-hydroxylation sites is 1. The predicted molar refractivity (Wildman–Crippen MR) is 76.1 cm³/mol. The predicted octanol–water partition coefficient (Wildman–Crippen LogP) is 4.38. The first-order chi connectivity index (χ1) is 8.65. The summed E-state index contributed by atoms with van der Waals surface area (Å²) < 4.78 is 7.10. The van der Waals surface area contributed by atoms with Crippen molar-refractivity contribution in [3.63, 3.8) is 0 Å². The van der Waals surface area contributed by atoms with Crippen LogP contribution in [0.2, 0.25) is 0 Å². The summed E-state index contributed by atoms with van der Waals surface area (Å²) in [6.45, 7) is 2.07. The maximum Gasteiger partial charge on any atom is 0.136 e. The lowest BCUT2D eigenvalue weighted by Crippen LogP contribution is -2.18. The highest BCUT2D eigenvalue weighted by atomic mass is 79.9. The molecule has 1 N–H and O–H groups in total. The molecule has 1 aliphatic heterocycles. The lowest BCUT2D eigenvalue weighted by Gasteiger charge is -2.28. The minimum absolute atomic E-state index is 0.0510. The van der Waals surface area contributed by atoms with Crippen molar-refractivity contribution in [1.82, 2.24) is 0 Å². The number of ether oxygens (including phenoxy) is 1. The first kappa shape index (κ1) is 12.2. The Hall–Kier alpha value is -0.840. The van der Waals surface area contributed by atoms with Crippen LogP contribution in [0.4, 0.5) is 0 Å². The van der Waals surface area contributed by atoms with E-state index in [2.05, 4.69) is 28.9 Å². The van der Waals surface area contributed by atoms with Crippen molar-refractivity contribution in [2.75, 3.05) is 0 Å². The van der Waals surface area contributed by atoms with Crippen molar-refractivity contribution in [2.45, 2.75) is 25.6 Å². The summed E-state index contributed by atoms with van der Waals surface area (Å²) in [4.78, 5) is 2.40. The molecule has 0 fully saturated rings. The standard InChI is InChI=1S/C14H13BrO2S/c1-8-10(15)6-14(18-8)13-7-11(16)9-4-2-3-5-12(9)17-13/h2-6,11,13,16H,7H2,1H3. The number of fused-ring (bicyclic) bond motifs is 1. The minimum atomic E-state index is -0.443. The van der Waals surface area contributed by atoms with Gasteiger partial charge >= 0.3 is 0 Å². The summed E-state index contributed by atoms with van der Waals surface area (Å²) in [5, 5.41) is 10.2. The summed E-state index contributed by atoms with van der Waals surface area (Å²) in [6, 6.07) is 9.79. The molecule has 0 spiro atoms. The van der Waals surface area contributed by atoms with E-state index in [1.54, 1.807) is 11.3 Å². The molecule has 0 aliphatic carbocycles. The molecule has 1 aromatic heterocycles. The lowest BCUT2D eigenvalue weighted by molar-refractivity contribution is 0.0674. The maximum atomic E-state index is 10.2. The Kier molecular flexibility index (Phi) is 3.18. The number of thiophene rings is 1. The number of rotatable bonds is 1. The van der Waals surface area contributed by atoms with Gasteiger partial charge in [-0.3, -0.25) is 0 Å². The maximum absolute atomic E-state index is 10.2. The quantitative estimate of drug-likeness (QED) is 0.843. The summed E-state index contributed by atoms with van der Waals surface area (Å²) in [5.41, 5.74) is 0.890. The second-order valence-corrected chi connectivity index (χ2v) is 6.59. The molecule has 0 bridgehead atoms. The number of hydrogen-bond acceptors (Lipinski definition) is 3. The largest absolute Gasteiger partial charge is 0.484 e. The molecule has 2 heterocycles. The van der Waals surface area contributed by atoms with Crippen LogP contribution < -0.4 is 4.74 Å². The SMILES string of the molecule is Cc1sc(C2CC(O)c3ccccc3O2)cc1Br. The van der Waals surface area contributed by atoms with Gasteiger partial charge in [0.05, 0.1) is 6.10 Å². The van der Waals surface area contributed by atoms with Gasteiger partial charge in [-0.25, -0.2) is 0 Å². The van der Waals surface area contributed by atoms with Gasteiger partial charge in [0.25, 0.3) is 0 Å². The van der Waals surface area contributed by atoms with Crippen LogP contribution >= 0.6 is 27.3 Å². The molecule has 18 heavy (non-hydrogen) atoms. The first-order valence-electron chi connectivity index (χ1n) is 5.84. The average molecular weight is 325 g/mol. The Morgan fingerprint density at radius 1 is 1.39 bits per heavy atom. The summed E-state index contributed by atoms with van der Waals surface area (Å²) in [6.07, 6.45) is 0.120. The van der Waals surface area contributed by atoms with Crippen LogP contribution in [0.25, 0.3) is 0 Å². The van der Waals surface area contributed by atoms with E-state index in [9.17, 15) is 5.11 Å². The molecular weight excluding hydrogens is 312 g/mol. The highest BCUT2D eigenvalue weighted by Gasteiger charge is 2.28. The van der Waals surface area contributed by atoms with Gasteiger partial charge < -0.3 is 9.84 Å². The van der Waals surface area contributed by atoms with Crippen LogP contribution in [0.15, 0.2) is 34.8 Å². The Morgan fingerprint density at radius 3 is 2.89 bits per heavy atom. The highest BCUT2D eigenvalue weighted by molar-refractivity contribution is 9.10. The van der Waals surface area contributed by atoms with Gasteiger partial charge in [0.1, 0.15) is 11.9 Å². The zero-order valence-corrected chi connectivity index (χ0v) is 12.3. The fourth-order valence-electron chi connectivity index (χ4n) is 2.21. The second-order valence-electron chi connectivity index (χ2n) is 4.45. The van der Waals surface area contributed by atoms with Crippen LogP contribution in [-0.4, -0.2) is 5.11 Å². The number of aliphatic hydroxyl groups is 1. The van der Waals surface area contributed by atoms with Crippen LogP contribution in [0.5, 0.6) is 5.75 Å². The third-order valence-corrected chi connectivity index (χ3v) is 5.41. The zero-order valence-electron chi connectivity index (χ0n) is 9.89. The number of hydrogen-bond donors (Lipinski definition) is 1. The zero-order chi connectivity index (χ0) is 12.7. The van der Waals surface area contributed by atoms with Gasteiger partial charge in [-0.05, 0) is 35.0 Å². The van der Waals surface area contributed by atoms with Gasteiger partial charge in [-0.2, -0.15) is 0 Å². The Balaban J connectivity index is 1.94. The van der Waals surface area contributed by atoms with Gasteiger partial charge in [0.15, 0.2) is 0 Å². The van der Waals surface area contributed by atoms with E-state index in [4.69, 9.17) is 4.74 Å². The molecular formula is C14H13BrO2S. The normalized spacial score (nSPS) is 22.4. The van der Waals surface area contributed by atoms with E-state index in [-0.39, 0.29) is 6.10 Å². The van der Waals surface area contributed by atoms with E-state index in [0.29, 0.717) is 6.42 Å². The fraction of sp³-hybridized carbons (Fsp3) is 0.286. The molecule has 2 nitrogen and oxygen atoms in total. The molecule has 0 saturated carbocycles. The number of halogens is 1. The molecule has 94 valence electrons. The van der Waals surface area contributed by atoms with Gasteiger partial charge in [0, 0.05) is 26.2 Å². The molecule has 2 unspecified atom stereocenters. The molecule has 0 saturated heterocycles. The minimum Gasteiger partial charge on any atom is -0.484 e. The van der Waals surface area contributed by atoms with Crippen LogP contribution in [-0.2, 0) is 0 Å². The molecule has 0 radical (unpaired) electrons. The topological polar surface area (TPSA) is 29.5 Å². The van der Waals surface area contributed by atoms with Crippen molar-refractivity contribution < 1.29 is 9.84 Å². The Morgan fingerprint density at radius 2 is 2.17 bits per heavy atom. The number of aryl methyl sites for hydroxylation is 1. The fourth-order valence-corrected chi connectivity index (χ4v) is 3.81. The van der Waals surface area contributed by atoms with Crippen molar-refractivity contribution >= 4 is 27.3 Å². The van der Waals surface area contributed by atoms with Crippen molar-refractivity contribution in [3.8, 4) is 5.75 Å². The molecule has 2 aromatic rings. The molecule has 1 aromatic carbocycles. The summed E-state index contributed by atoms with van der Waals surface area (Å²) >= 11 is 5.24. The molecule has 4 heteroatoms. The third-order valence-electron chi connectivity index (χ3n) is 3.18. The molecule has 3 rings (SSSR count). The second kappa shape index (κ2) is 4.68. The van der Waals surface area contributed by atoms with Gasteiger partial charge in [-0.1, -0.05) is 18.2 Å². The molecule has 1 aliphatic rings. The summed E-state index contributed by atoms with van der Waals surface area (Å²) in [5.74, 6) is 0.795. The van der Waals surface area contributed by atoms with E-state index >= 15 is 0 Å². The van der Waals surface area contributed by atoms with E-state index in [0.717, 1.165) is 20.7 Å². The van der Waals surface area contributed by atoms with E-state index in [1.165, 1.54) is 4.88 Å². The van der Waals surface area contributed by atoms with Crippen LogP contribution in [0.1, 0.15) is 33.9 Å². The number of aliphatic hydroxyl groups excluding tert-OH is 1. The Bertz CT molecular complexity index is 559. The summed E-state index contributed by atoms with van der Waals surface area (Å²) in [7, 11) is 0. The van der Waals surface area contributed by atoms with E-state index < -0.39 is 6.10 Å². The van der Waals surface area contributed by atoms with Crippen molar-refractivity contribution in [1.29, 1.82) is 0 Å². The van der Waals surface area contributed by atoms with Crippen molar-refractivity contribution in [2.24, 2.45) is 0 Å². The van der Waals surface area contributed by atoms with Crippen LogP contribution in [0.3, 0.4) is 0 Å². The van der Waals surface area contributed by atoms with Crippen LogP contribution in [0, 0.1) is 6.92 Å². The number of benzene rings is 1. The average Bonchev–Trinajstić information content (AvgIpc) is 2.70. The van der Waals surface area contributed by atoms with Gasteiger partial charge in [0.2, 0.25) is 0 Å². The van der Waals surface area contributed by atoms with E-state index in [1.807, 2.05) is 24.3 Å². The smallest absolute Gasteiger partial charge is 0.136 e. The third kappa shape index (κ3) is 2.09. The van der Waals surface area contributed by atoms with Gasteiger partial charge in [-0.15, -0.1) is 11.3 Å². The van der Waals surface area contributed by atoms with Crippen molar-refractivity contribution in [3.05, 3.63) is 50.1 Å². The highest BCUT2D eigenvalue weighted by Crippen LogP contribution is 2.43.